The van der Waals surface area contributed by atoms with Crippen molar-refractivity contribution in [2.75, 3.05) is 13.2 Å². The molecule has 0 heterocycles. The highest BCUT2D eigenvalue weighted by Crippen LogP contribution is 1.91. The highest BCUT2D eigenvalue weighted by Gasteiger charge is 2.21. The number of aliphatic carboxylic acids is 1. The number of hydrogen-bond acceptors (Lipinski definition) is 4. The Balaban J connectivity index is 3.95. The van der Waals surface area contributed by atoms with Crippen LogP contribution in [-0.4, -0.2) is 48.3 Å². The van der Waals surface area contributed by atoms with E-state index in [0.717, 1.165) is 0 Å². The largest absolute Gasteiger partial charge is 0.480 e. The van der Waals surface area contributed by atoms with Crippen LogP contribution in [0.1, 0.15) is 20.3 Å². The maximum Gasteiger partial charge on any atom is 0.326 e. The summed E-state index contributed by atoms with van der Waals surface area (Å²) in [6, 6.07) is -2.01. The van der Waals surface area contributed by atoms with Crippen LogP contribution in [0.15, 0.2) is 0 Å². The van der Waals surface area contributed by atoms with Crippen LogP contribution in [0.5, 0.6) is 0 Å². The molecule has 8 nitrogen and oxygen atoms in total. The molecule has 104 valence electrons. The van der Waals surface area contributed by atoms with Gasteiger partial charge in [0.05, 0.1) is 19.1 Å². The molecule has 1 unspecified atom stereocenters. The summed E-state index contributed by atoms with van der Waals surface area (Å²) in [5.74, 6) is -2.12. The zero-order chi connectivity index (χ0) is 14.1. The molecule has 0 saturated heterocycles. The van der Waals surface area contributed by atoms with Crippen LogP contribution >= 0.6 is 0 Å². The van der Waals surface area contributed by atoms with Gasteiger partial charge in [-0.15, -0.1) is 0 Å². The summed E-state index contributed by atoms with van der Waals surface area (Å²) in [4.78, 5) is 32.6. The number of amides is 3. The number of hydrogen-bond donors (Lipinski definition) is 4. The number of carboxylic acid groups (broad SMARTS) is 1. The molecule has 0 fully saturated rings. The van der Waals surface area contributed by atoms with Gasteiger partial charge in [0, 0.05) is 6.54 Å². The van der Waals surface area contributed by atoms with Crippen molar-refractivity contribution in [3.8, 4) is 0 Å². The van der Waals surface area contributed by atoms with Crippen LogP contribution < -0.4 is 16.4 Å². The van der Waals surface area contributed by atoms with Gasteiger partial charge in [-0.25, -0.2) is 9.59 Å². The Labute approximate surface area is 105 Å². The van der Waals surface area contributed by atoms with Gasteiger partial charge in [0.15, 0.2) is 0 Å². The third kappa shape index (κ3) is 8.34. The molecule has 18 heavy (non-hydrogen) atoms. The normalized spacial score (nSPS) is 11.9. The predicted molar refractivity (Wildman–Crippen MR) is 62.9 cm³/mol. The van der Waals surface area contributed by atoms with Gasteiger partial charge in [-0.2, -0.15) is 0 Å². The summed E-state index contributed by atoms with van der Waals surface area (Å²) in [5.41, 5.74) is 4.87. The Hall–Kier alpha value is -1.83. The fourth-order valence-electron chi connectivity index (χ4n) is 1.07. The third-order valence-electron chi connectivity index (χ3n) is 1.85. The minimum atomic E-state index is -1.33. The zero-order valence-corrected chi connectivity index (χ0v) is 10.4. The van der Waals surface area contributed by atoms with E-state index in [9.17, 15) is 14.4 Å². The molecule has 0 aromatic carbocycles. The van der Waals surface area contributed by atoms with E-state index in [-0.39, 0.29) is 12.6 Å². The fraction of sp³-hybridized carbons (Fsp3) is 0.700. The van der Waals surface area contributed by atoms with Gasteiger partial charge in [0.2, 0.25) is 5.91 Å². The van der Waals surface area contributed by atoms with Gasteiger partial charge < -0.3 is 26.2 Å². The number of rotatable bonds is 8. The molecular weight excluding hydrogens is 242 g/mol. The van der Waals surface area contributed by atoms with Crippen molar-refractivity contribution in [1.29, 1.82) is 0 Å². The molecule has 0 bridgehead atoms. The first-order valence-corrected chi connectivity index (χ1v) is 5.50. The smallest absolute Gasteiger partial charge is 0.326 e. The van der Waals surface area contributed by atoms with E-state index in [1.165, 1.54) is 0 Å². The van der Waals surface area contributed by atoms with E-state index in [2.05, 4.69) is 10.6 Å². The number of nitrogens with one attached hydrogen (secondary N) is 2. The lowest BCUT2D eigenvalue weighted by Crippen LogP contribution is -2.48. The Bertz CT molecular complexity index is 306. The molecule has 0 aliphatic heterocycles. The van der Waals surface area contributed by atoms with E-state index in [0.29, 0.717) is 6.61 Å². The van der Waals surface area contributed by atoms with Gasteiger partial charge in [-0.3, -0.25) is 4.79 Å². The van der Waals surface area contributed by atoms with E-state index in [1.807, 2.05) is 13.8 Å². The zero-order valence-electron chi connectivity index (χ0n) is 10.4. The van der Waals surface area contributed by atoms with Crippen molar-refractivity contribution in [3.63, 3.8) is 0 Å². The molecule has 0 spiro atoms. The number of ether oxygens (including phenoxy) is 1. The number of urea groups is 1. The van der Waals surface area contributed by atoms with Gasteiger partial charge in [0.1, 0.15) is 6.04 Å². The van der Waals surface area contributed by atoms with E-state index >= 15 is 0 Å². The van der Waals surface area contributed by atoms with Crippen LogP contribution in [0.2, 0.25) is 0 Å². The Morgan fingerprint density at radius 1 is 1.33 bits per heavy atom. The molecule has 0 aliphatic rings. The Morgan fingerprint density at radius 2 is 1.94 bits per heavy atom. The number of carbonyl (C=O) groups excluding carboxylic acids is 2. The summed E-state index contributed by atoms with van der Waals surface area (Å²) in [7, 11) is 0. The highest BCUT2D eigenvalue weighted by atomic mass is 16.5. The van der Waals surface area contributed by atoms with Crippen LogP contribution in [0.3, 0.4) is 0 Å². The topological polar surface area (TPSA) is 131 Å². The minimum Gasteiger partial charge on any atom is -0.480 e. The van der Waals surface area contributed by atoms with Crippen molar-refractivity contribution in [2.45, 2.75) is 32.4 Å². The first-order valence-electron chi connectivity index (χ1n) is 5.50. The summed E-state index contributed by atoms with van der Waals surface area (Å²) in [6.45, 7) is 4.27. The summed E-state index contributed by atoms with van der Waals surface area (Å²) in [5, 5.41) is 13.3. The molecular formula is C10H19N3O5. The van der Waals surface area contributed by atoms with E-state index < -0.39 is 30.4 Å². The lowest BCUT2D eigenvalue weighted by molar-refractivity contribution is -0.140. The van der Waals surface area contributed by atoms with Gasteiger partial charge in [-0.05, 0) is 13.8 Å². The molecule has 0 saturated carbocycles. The summed E-state index contributed by atoms with van der Waals surface area (Å²) >= 11 is 0. The maximum absolute atomic E-state index is 11.3. The van der Waals surface area contributed by atoms with Crippen molar-refractivity contribution < 1.29 is 24.2 Å². The molecule has 1 atom stereocenters. The predicted octanol–water partition coefficient (Wildman–Crippen LogP) is -0.961. The molecule has 8 heteroatoms. The van der Waals surface area contributed by atoms with Gasteiger partial charge in [-0.1, -0.05) is 0 Å². The first kappa shape index (κ1) is 16.2. The SMILES string of the molecule is CC(C)OCCNC(=O)NC(CC(N)=O)C(=O)O. The Kier molecular flexibility index (Phi) is 7.45. The van der Waals surface area contributed by atoms with Crippen molar-refractivity contribution in [2.24, 2.45) is 5.73 Å². The van der Waals surface area contributed by atoms with E-state index in [1.54, 1.807) is 0 Å². The van der Waals surface area contributed by atoms with Gasteiger partial charge >= 0.3 is 12.0 Å². The van der Waals surface area contributed by atoms with Crippen molar-refractivity contribution in [3.05, 3.63) is 0 Å². The van der Waals surface area contributed by atoms with Crippen LogP contribution in [0.4, 0.5) is 4.79 Å². The fourth-order valence-corrected chi connectivity index (χ4v) is 1.07. The first-order chi connectivity index (χ1) is 8.32. The van der Waals surface area contributed by atoms with Crippen molar-refractivity contribution >= 4 is 17.9 Å². The quantitative estimate of drug-likeness (QED) is 0.418. The average molecular weight is 261 g/mol. The highest BCUT2D eigenvalue weighted by molar-refractivity contribution is 5.87. The Morgan fingerprint density at radius 3 is 2.39 bits per heavy atom. The second-order valence-corrected chi connectivity index (χ2v) is 3.88. The van der Waals surface area contributed by atoms with Crippen LogP contribution in [0, 0.1) is 0 Å². The molecule has 0 rings (SSSR count). The lowest BCUT2D eigenvalue weighted by Gasteiger charge is -2.14. The number of carbonyl (C=O) groups is 3. The second-order valence-electron chi connectivity index (χ2n) is 3.88. The summed E-state index contributed by atoms with van der Waals surface area (Å²) in [6.07, 6.45) is -0.401. The number of primary amides is 1. The lowest BCUT2D eigenvalue weighted by atomic mass is 10.2. The molecule has 0 aliphatic carbocycles. The van der Waals surface area contributed by atoms with Crippen LogP contribution in [0.25, 0.3) is 0 Å². The number of nitrogens with two attached hydrogens (primary N) is 1. The second kappa shape index (κ2) is 8.29. The standard InChI is InChI=1S/C10H19N3O5/c1-6(2)18-4-3-12-10(17)13-7(9(15)16)5-8(11)14/h6-7H,3-5H2,1-2H3,(H2,11,14)(H,15,16)(H2,12,13,17). The third-order valence-corrected chi connectivity index (χ3v) is 1.85. The molecule has 5 N–H and O–H groups in total. The maximum atomic E-state index is 11.3. The molecule has 0 radical (unpaired) electrons. The van der Waals surface area contributed by atoms with Gasteiger partial charge in [0.25, 0.3) is 0 Å². The summed E-state index contributed by atoms with van der Waals surface area (Å²) < 4.78 is 5.18. The number of carboxylic acids is 1. The molecule has 0 aromatic heterocycles. The molecule has 3 amide bonds. The average Bonchev–Trinajstić information content (AvgIpc) is 2.22. The van der Waals surface area contributed by atoms with E-state index in [4.69, 9.17) is 15.6 Å². The van der Waals surface area contributed by atoms with Crippen LogP contribution in [-0.2, 0) is 14.3 Å². The van der Waals surface area contributed by atoms with Crippen molar-refractivity contribution in [1.82, 2.24) is 10.6 Å². The monoisotopic (exact) mass is 261 g/mol. The minimum absolute atomic E-state index is 0.0523. The molecule has 0 aromatic rings.